The third-order valence-corrected chi connectivity index (χ3v) is 8.98. The van der Waals surface area contributed by atoms with Crippen LogP contribution in [0.3, 0.4) is 0 Å². The first kappa shape index (κ1) is 47.2. The Hall–Kier alpha value is -6.00. The summed E-state index contributed by atoms with van der Waals surface area (Å²) >= 11 is 0. The van der Waals surface area contributed by atoms with Crippen molar-refractivity contribution in [3.05, 3.63) is 65.7 Å². The molecule has 0 saturated heterocycles. The average Bonchev–Trinajstić information content (AvgIpc) is 3.11. The molecule has 0 fully saturated rings. The topological polar surface area (TPSA) is 283 Å². The first-order valence-corrected chi connectivity index (χ1v) is 18.7. The second-order valence-corrected chi connectivity index (χ2v) is 15.1. The van der Waals surface area contributed by atoms with Crippen molar-refractivity contribution in [1.82, 2.24) is 26.6 Å². The van der Waals surface area contributed by atoms with Crippen LogP contribution in [0.5, 0.6) is 5.75 Å². The summed E-state index contributed by atoms with van der Waals surface area (Å²) in [5, 5.41) is 40.9. The highest BCUT2D eigenvalue weighted by Gasteiger charge is 2.36. The monoisotopic (exact) mass is 796 g/mol. The number of aromatic hydroxyl groups is 1. The fourth-order valence-electron chi connectivity index (χ4n) is 5.95. The van der Waals surface area contributed by atoms with Gasteiger partial charge in [-0.2, -0.15) is 0 Å². The molecule has 0 saturated carbocycles. The summed E-state index contributed by atoms with van der Waals surface area (Å²) in [5.74, 6) is -10.1. The van der Waals surface area contributed by atoms with E-state index in [0.717, 1.165) is 11.1 Å². The van der Waals surface area contributed by atoms with Gasteiger partial charge in [-0.3, -0.25) is 33.6 Å². The fourth-order valence-corrected chi connectivity index (χ4v) is 5.95. The molecule has 0 heterocycles. The molecule has 2 aromatic carbocycles. The minimum atomic E-state index is -1.80. The van der Waals surface area contributed by atoms with Crippen LogP contribution in [0.1, 0.15) is 71.9 Å². The van der Waals surface area contributed by atoms with Gasteiger partial charge in [-0.1, -0.05) is 84.0 Å². The molecule has 6 amide bonds. The molecular formula is C40H56N6O11. The Morgan fingerprint density at radius 3 is 1.46 bits per heavy atom. The molecular weight excluding hydrogens is 740 g/mol. The molecule has 17 heteroatoms. The Morgan fingerprint density at radius 1 is 0.561 bits per heavy atom. The lowest BCUT2D eigenvalue weighted by molar-refractivity contribution is -0.144. The maximum atomic E-state index is 13.9. The molecule has 0 aliphatic heterocycles. The van der Waals surface area contributed by atoms with Gasteiger partial charge in [0.1, 0.15) is 36.0 Å². The van der Waals surface area contributed by atoms with E-state index in [1.807, 2.05) is 30.3 Å². The number of phenolic OH excluding ortho intramolecular Hbond substituents is 1. The van der Waals surface area contributed by atoms with Gasteiger partial charge < -0.3 is 47.6 Å². The molecule has 2 aromatic rings. The standard InChI is InChI=1S/C40H56N6O11/c1-21(2)16-30(40(56)57)44-37(53)29(20-32(49)50)42-36(52)28(19-31(41)48)43-38(54)33(22(3)4)46-39(55)34(23(5)6)45-35(51)26(17-24-10-8-7-9-11-24)18-25-12-14-27(47)15-13-25/h7-15,21-23,26,28-30,33-34,47H,16-20H2,1-6H3,(H2,41,48)(H,42,52)(H,43,54)(H,44,53)(H,45,51)(H,46,55)(H,49,50)(H,56,57)/t26?,28-,29-,30-,33-,34-/m0/s1. The summed E-state index contributed by atoms with van der Waals surface area (Å²) in [4.78, 5) is 103. The molecule has 6 atom stereocenters. The van der Waals surface area contributed by atoms with Crippen molar-refractivity contribution < 1.29 is 53.7 Å². The summed E-state index contributed by atoms with van der Waals surface area (Å²) in [7, 11) is 0. The van der Waals surface area contributed by atoms with Gasteiger partial charge >= 0.3 is 11.9 Å². The zero-order valence-electron chi connectivity index (χ0n) is 33.1. The van der Waals surface area contributed by atoms with Gasteiger partial charge in [0, 0.05) is 5.92 Å². The number of benzene rings is 2. The van der Waals surface area contributed by atoms with Crippen molar-refractivity contribution >= 4 is 47.4 Å². The zero-order valence-corrected chi connectivity index (χ0v) is 33.1. The number of nitrogens with one attached hydrogen (secondary N) is 5. The Bertz CT molecular complexity index is 1720. The fraction of sp³-hybridized carbons (Fsp3) is 0.500. The largest absolute Gasteiger partial charge is 0.508 e. The maximum Gasteiger partial charge on any atom is 0.326 e. The summed E-state index contributed by atoms with van der Waals surface area (Å²) in [5.41, 5.74) is 7.03. The number of hydrogen-bond donors (Lipinski definition) is 9. The number of hydrogen-bond acceptors (Lipinski definition) is 9. The number of carboxylic acids is 2. The van der Waals surface area contributed by atoms with Crippen LogP contribution in [0.25, 0.3) is 0 Å². The van der Waals surface area contributed by atoms with E-state index in [1.54, 1.807) is 53.7 Å². The van der Waals surface area contributed by atoms with Gasteiger partial charge in [0.25, 0.3) is 0 Å². The quantitative estimate of drug-likeness (QED) is 0.0765. The van der Waals surface area contributed by atoms with Crippen molar-refractivity contribution in [1.29, 1.82) is 0 Å². The van der Waals surface area contributed by atoms with Crippen molar-refractivity contribution in [3.63, 3.8) is 0 Å². The Morgan fingerprint density at radius 2 is 1.00 bits per heavy atom. The second-order valence-electron chi connectivity index (χ2n) is 15.1. The number of carbonyl (C=O) groups excluding carboxylic acids is 6. The van der Waals surface area contributed by atoms with E-state index in [9.17, 15) is 53.7 Å². The molecule has 57 heavy (non-hydrogen) atoms. The lowest BCUT2D eigenvalue weighted by atomic mass is 9.90. The normalized spacial score (nSPS) is 14.3. The molecule has 17 nitrogen and oxygen atoms in total. The van der Waals surface area contributed by atoms with Crippen LogP contribution in [0.4, 0.5) is 0 Å². The van der Waals surface area contributed by atoms with Gasteiger partial charge in [0.05, 0.1) is 12.8 Å². The van der Waals surface area contributed by atoms with Crippen LogP contribution >= 0.6 is 0 Å². The van der Waals surface area contributed by atoms with E-state index in [4.69, 9.17) is 5.73 Å². The number of rotatable bonds is 23. The Labute approximate surface area is 331 Å². The van der Waals surface area contributed by atoms with Gasteiger partial charge in [-0.25, -0.2) is 4.79 Å². The van der Waals surface area contributed by atoms with E-state index in [0.29, 0.717) is 12.8 Å². The predicted octanol–water partition coefficient (Wildman–Crippen LogP) is 1.01. The second kappa shape index (κ2) is 22.5. The van der Waals surface area contributed by atoms with Gasteiger partial charge in [-0.05, 0) is 60.3 Å². The molecule has 0 aromatic heterocycles. The number of amides is 6. The summed E-state index contributed by atoms with van der Waals surface area (Å²) < 4.78 is 0. The number of nitrogens with two attached hydrogens (primary N) is 1. The van der Waals surface area contributed by atoms with E-state index in [1.165, 1.54) is 12.1 Å². The van der Waals surface area contributed by atoms with Gasteiger partial charge in [-0.15, -0.1) is 0 Å². The number of primary amides is 1. The van der Waals surface area contributed by atoms with Crippen LogP contribution in [-0.2, 0) is 51.2 Å². The Kier molecular flexibility index (Phi) is 18.6. The smallest absolute Gasteiger partial charge is 0.326 e. The number of aliphatic carboxylic acids is 2. The summed E-state index contributed by atoms with van der Waals surface area (Å²) in [6, 6.07) is 8.39. The lowest BCUT2D eigenvalue weighted by Crippen LogP contribution is -2.61. The van der Waals surface area contributed by atoms with Gasteiger partial charge in [0.2, 0.25) is 35.4 Å². The minimum absolute atomic E-state index is 0.00685. The predicted molar refractivity (Wildman–Crippen MR) is 208 cm³/mol. The van der Waals surface area contributed by atoms with Crippen LogP contribution in [0.2, 0.25) is 0 Å². The number of phenols is 1. The summed E-state index contributed by atoms with van der Waals surface area (Å²) in [6.45, 7) is 10.1. The van der Waals surface area contributed by atoms with E-state index < -0.39 is 108 Å². The van der Waals surface area contributed by atoms with Crippen molar-refractivity contribution in [2.24, 2.45) is 29.4 Å². The van der Waals surface area contributed by atoms with E-state index >= 15 is 0 Å². The first-order chi connectivity index (χ1) is 26.7. The zero-order chi connectivity index (χ0) is 43.0. The minimum Gasteiger partial charge on any atom is -0.508 e. The van der Waals surface area contributed by atoms with Crippen molar-refractivity contribution in [2.45, 2.75) is 104 Å². The Balaban J connectivity index is 2.29. The molecule has 0 aliphatic carbocycles. The number of carboxylic acid groups (broad SMARTS) is 2. The highest BCUT2D eigenvalue weighted by atomic mass is 16.4. The van der Waals surface area contributed by atoms with Crippen LogP contribution in [-0.4, -0.2) is 92.9 Å². The molecule has 0 radical (unpaired) electrons. The van der Waals surface area contributed by atoms with Crippen molar-refractivity contribution in [3.8, 4) is 5.75 Å². The van der Waals surface area contributed by atoms with Crippen LogP contribution in [0.15, 0.2) is 54.6 Å². The average molecular weight is 797 g/mol. The van der Waals surface area contributed by atoms with E-state index in [-0.39, 0.29) is 18.1 Å². The highest BCUT2D eigenvalue weighted by Crippen LogP contribution is 2.19. The van der Waals surface area contributed by atoms with Crippen molar-refractivity contribution in [2.75, 3.05) is 0 Å². The van der Waals surface area contributed by atoms with Crippen LogP contribution in [0, 0.1) is 23.7 Å². The number of carbonyl (C=O) groups is 8. The third kappa shape index (κ3) is 16.3. The maximum absolute atomic E-state index is 13.9. The molecule has 0 aliphatic rings. The molecule has 0 spiro atoms. The van der Waals surface area contributed by atoms with Crippen LogP contribution < -0.4 is 32.3 Å². The summed E-state index contributed by atoms with van der Waals surface area (Å²) in [6.07, 6.45) is -1.10. The van der Waals surface area contributed by atoms with Gasteiger partial charge in [0.15, 0.2) is 0 Å². The molecule has 1 unspecified atom stereocenters. The SMILES string of the molecule is CC(C)C[C@H](NC(=O)[C@H](CC(=O)O)NC(=O)[C@H](CC(N)=O)NC(=O)[C@@H](NC(=O)[C@@H](NC(=O)C(Cc1ccccc1)Cc1ccc(O)cc1)C(C)C)C(C)C)C(=O)O. The third-order valence-electron chi connectivity index (χ3n) is 8.98. The molecule has 10 N–H and O–H groups in total. The highest BCUT2D eigenvalue weighted by molar-refractivity contribution is 5.98. The lowest BCUT2D eigenvalue weighted by Gasteiger charge is -2.29. The molecule has 2 rings (SSSR count). The first-order valence-electron chi connectivity index (χ1n) is 18.7. The molecule has 312 valence electrons. The van der Waals surface area contributed by atoms with E-state index in [2.05, 4.69) is 26.6 Å². The molecule has 0 bridgehead atoms.